The minimum atomic E-state index is -4.11. The normalized spacial score (nSPS) is 12.7. The highest BCUT2D eigenvalue weighted by atomic mass is 32.2. The minimum Gasteiger partial charge on any atom is -0.378 e. The largest absolute Gasteiger partial charge is 0.378 e. The quantitative estimate of drug-likeness (QED) is 0.196. The van der Waals surface area contributed by atoms with Gasteiger partial charge in [0.1, 0.15) is 9.79 Å². The van der Waals surface area contributed by atoms with Crippen LogP contribution in [0, 0.1) is 0 Å². The molecule has 1 aliphatic carbocycles. The van der Waals surface area contributed by atoms with Gasteiger partial charge in [-0.3, -0.25) is 0 Å². The van der Waals surface area contributed by atoms with Gasteiger partial charge in [0.15, 0.2) is 11.5 Å². The van der Waals surface area contributed by atoms with E-state index in [9.17, 15) is 16.8 Å². The molecule has 0 radical (unpaired) electrons. The molecule has 6 nitrogen and oxygen atoms in total. The molecule has 8 heteroatoms. The summed E-state index contributed by atoms with van der Waals surface area (Å²) in [7, 11) is -8.23. The summed E-state index contributed by atoms with van der Waals surface area (Å²) in [5, 5.41) is 3.15. The number of benzene rings is 6. The highest BCUT2D eigenvalue weighted by Gasteiger charge is 2.26. The zero-order valence-corrected chi connectivity index (χ0v) is 23.2. The van der Waals surface area contributed by atoms with Crippen molar-refractivity contribution < 1.29 is 25.2 Å². The van der Waals surface area contributed by atoms with E-state index in [-0.39, 0.29) is 21.3 Å². The highest BCUT2D eigenvalue weighted by molar-refractivity contribution is 7.87. The standard InChI is InChI=1S/C33H22O6S2/c34-40(35,38-32-13-5-9-22-7-1-3-11-30(22)32)26-15-17-28-24(20-26)19-25-21-27(16-18-29(25)28)41(36,37)39-33-14-6-10-23-8-2-4-12-31(23)33/h1-18,20-21H,19H2. The van der Waals surface area contributed by atoms with Gasteiger partial charge in [-0.05, 0) is 75.8 Å². The van der Waals surface area contributed by atoms with Crippen molar-refractivity contribution in [3.8, 4) is 22.6 Å². The first-order valence-electron chi connectivity index (χ1n) is 12.9. The summed E-state index contributed by atoms with van der Waals surface area (Å²) in [4.78, 5) is 0.0632. The molecule has 41 heavy (non-hydrogen) atoms. The van der Waals surface area contributed by atoms with Crippen molar-refractivity contribution in [3.63, 3.8) is 0 Å². The summed E-state index contributed by atoms with van der Waals surface area (Å²) >= 11 is 0. The van der Waals surface area contributed by atoms with E-state index in [1.165, 1.54) is 12.1 Å². The van der Waals surface area contributed by atoms with Gasteiger partial charge in [0, 0.05) is 10.8 Å². The van der Waals surface area contributed by atoms with Gasteiger partial charge in [0.05, 0.1) is 0 Å². The smallest absolute Gasteiger partial charge is 0.339 e. The van der Waals surface area contributed by atoms with Gasteiger partial charge in [-0.2, -0.15) is 16.8 Å². The molecule has 0 fully saturated rings. The molecule has 0 amide bonds. The van der Waals surface area contributed by atoms with Gasteiger partial charge in [-0.25, -0.2) is 0 Å². The van der Waals surface area contributed by atoms with Crippen LogP contribution < -0.4 is 8.37 Å². The SMILES string of the molecule is O=S(=O)(Oc1cccc2ccccc12)c1ccc2c(c1)Cc1cc(S(=O)(=O)Oc3cccc4ccccc34)ccc1-2. The summed E-state index contributed by atoms with van der Waals surface area (Å²) in [6, 6.07) is 35.1. The Morgan fingerprint density at radius 2 is 0.878 bits per heavy atom. The maximum absolute atomic E-state index is 13.3. The second kappa shape index (κ2) is 9.47. The Labute approximate surface area is 237 Å². The van der Waals surface area contributed by atoms with Crippen molar-refractivity contribution in [2.75, 3.05) is 0 Å². The molecule has 6 aromatic carbocycles. The molecule has 0 heterocycles. The van der Waals surface area contributed by atoms with E-state index < -0.39 is 20.2 Å². The van der Waals surface area contributed by atoms with Crippen LogP contribution >= 0.6 is 0 Å². The van der Waals surface area contributed by atoms with Gasteiger partial charge in [0.25, 0.3) is 0 Å². The Hall–Kier alpha value is -4.66. The van der Waals surface area contributed by atoms with Crippen molar-refractivity contribution >= 4 is 41.8 Å². The van der Waals surface area contributed by atoms with Crippen molar-refractivity contribution in [1.29, 1.82) is 0 Å². The first-order valence-corrected chi connectivity index (χ1v) is 15.7. The molecule has 7 rings (SSSR count). The first-order chi connectivity index (χ1) is 19.8. The molecule has 0 saturated carbocycles. The summed E-state index contributed by atoms with van der Waals surface area (Å²) in [5.41, 5.74) is 3.24. The van der Waals surface area contributed by atoms with Crippen molar-refractivity contribution in [3.05, 3.63) is 132 Å². The van der Waals surface area contributed by atoms with Crippen molar-refractivity contribution in [1.82, 2.24) is 0 Å². The summed E-state index contributed by atoms with van der Waals surface area (Å²) in [5.74, 6) is 0.515. The maximum atomic E-state index is 13.3. The lowest BCUT2D eigenvalue weighted by atomic mass is 10.1. The molecule has 0 unspecified atom stereocenters. The topological polar surface area (TPSA) is 86.7 Å². The number of hydrogen-bond donors (Lipinski definition) is 0. The number of fused-ring (bicyclic) bond motifs is 5. The first kappa shape index (κ1) is 25.3. The Morgan fingerprint density at radius 1 is 0.463 bits per heavy atom. The highest BCUT2D eigenvalue weighted by Crippen LogP contribution is 2.40. The van der Waals surface area contributed by atoms with Crippen molar-refractivity contribution in [2.45, 2.75) is 16.2 Å². The van der Waals surface area contributed by atoms with Gasteiger partial charge in [-0.15, -0.1) is 0 Å². The van der Waals surface area contributed by atoms with Crippen LogP contribution in [0.3, 0.4) is 0 Å². The third kappa shape index (κ3) is 4.51. The van der Waals surface area contributed by atoms with Gasteiger partial charge < -0.3 is 8.37 Å². The van der Waals surface area contributed by atoms with Gasteiger partial charge >= 0.3 is 20.2 Å². The molecular weight excluding hydrogens is 556 g/mol. The van der Waals surface area contributed by atoms with E-state index in [0.29, 0.717) is 17.2 Å². The summed E-state index contributed by atoms with van der Waals surface area (Å²) in [6.07, 6.45) is 0.375. The molecule has 0 saturated heterocycles. The summed E-state index contributed by atoms with van der Waals surface area (Å²) in [6.45, 7) is 0. The lowest BCUT2D eigenvalue weighted by molar-refractivity contribution is 0.487. The summed E-state index contributed by atoms with van der Waals surface area (Å²) < 4.78 is 64.1. The van der Waals surface area contributed by atoms with E-state index in [2.05, 4.69) is 0 Å². The van der Waals surface area contributed by atoms with Crippen LogP contribution in [0.15, 0.2) is 131 Å². The van der Waals surface area contributed by atoms with E-state index in [0.717, 1.165) is 33.0 Å². The van der Waals surface area contributed by atoms with Crippen LogP contribution in [0.4, 0.5) is 0 Å². The monoisotopic (exact) mass is 578 g/mol. The molecule has 1 aliphatic rings. The van der Waals surface area contributed by atoms with E-state index >= 15 is 0 Å². The lowest BCUT2D eigenvalue weighted by Gasteiger charge is -2.11. The molecule has 0 spiro atoms. The Morgan fingerprint density at radius 3 is 1.34 bits per heavy atom. The predicted molar refractivity (Wildman–Crippen MR) is 158 cm³/mol. The van der Waals surface area contributed by atoms with Crippen LogP contribution in [-0.2, 0) is 26.7 Å². The van der Waals surface area contributed by atoms with Crippen LogP contribution in [-0.4, -0.2) is 16.8 Å². The molecule has 202 valence electrons. The van der Waals surface area contributed by atoms with Crippen LogP contribution in [0.25, 0.3) is 32.7 Å². The number of rotatable bonds is 6. The molecular formula is C33H22O6S2. The Balaban J connectivity index is 1.17. The van der Waals surface area contributed by atoms with Gasteiger partial charge in [0.2, 0.25) is 0 Å². The second-order valence-electron chi connectivity index (χ2n) is 9.84. The average Bonchev–Trinajstić information content (AvgIpc) is 3.35. The molecule has 6 aromatic rings. The van der Waals surface area contributed by atoms with Crippen LogP contribution in [0.1, 0.15) is 11.1 Å². The van der Waals surface area contributed by atoms with E-state index in [1.54, 1.807) is 48.5 Å². The zero-order valence-electron chi connectivity index (χ0n) is 21.5. The Kier molecular flexibility index (Phi) is 5.85. The molecule has 0 aliphatic heterocycles. The predicted octanol–water partition coefficient (Wildman–Crippen LogP) is 7.10. The Bertz CT molecular complexity index is 2050. The second-order valence-corrected chi connectivity index (χ2v) is 12.9. The third-order valence-corrected chi connectivity index (χ3v) is 9.76. The lowest BCUT2D eigenvalue weighted by Crippen LogP contribution is -2.10. The fourth-order valence-electron chi connectivity index (χ4n) is 5.34. The van der Waals surface area contributed by atoms with Crippen LogP contribution in [0.5, 0.6) is 11.5 Å². The molecule has 0 aromatic heterocycles. The minimum absolute atomic E-state index is 0.0316. The zero-order chi connectivity index (χ0) is 28.2. The third-order valence-electron chi connectivity index (χ3n) is 7.30. The molecule has 0 N–H and O–H groups in total. The van der Waals surface area contributed by atoms with Crippen molar-refractivity contribution in [2.24, 2.45) is 0 Å². The van der Waals surface area contributed by atoms with Crippen LogP contribution in [0.2, 0.25) is 0 Å². The average molecular weight is 579 g/mol. The fourth-order valence-corrected chi connectivity index (χ4v) is 7.34. The van der Waals surface area contributed by atoms with Gasteiger partial charge in [-0.1, -0.05) is 84.9 Å². The van der Waals surface area contributed by atoms with E-state index in [4.69, 9.17) is 8.37 Å². The van der Waals surface area contributed by atoms with E-state index in [1.807, 2.05) is 60.7 Å². The maximum Gasteiger partial charge on any atom is 0.339 e. The number of hydrogen-bond acceptors (Lipinski definition) is 6. The molecule has 0 atom stereocenters. The molecule has 0 bridgehead atoms. The fraction of sp³-hybridized carbons (Fsp3) is 0.0303.